The average Bonchev–Trinajstić information content (AvgIpc) is 2.49. The summed E-state index contributed by atoms with van der Waals surface area (Å²) in [5.74, 6) is -0.299. The quantitative estimate of drug-likeness (QED) is 0.677. The molecule has 2 aromatic rings. The molecule has 4 heteroatoms. The van der Waals surface area contributed by atoms with Crippen LogP contribution in [0.25, 0.3) is 0 Å². The van der Waals surface area contributed by atoms with E-state index in [9.17, 15) is 4.79 Å². The molecule has 0 saturated carbocycles. The van der Waals surface area contributed by atoms with Crippen molar-refractivity contribution in [3.8, 4) is 0 Å². The highest BCUT2D eigenvalue weighted by atomic mass is 16.5. The van der Waals surface area contributed by atoms with Crippen LogP contribution in [0.5, 0.6) is 0 Å². The van der Waals surface area contributed by atoms with Crippen molar-refractivity contribution in [1.82, 2.24) is 5.43 Å². The van der Waals surface area contributed by atoms with E-state index in [4.69, 9.17) is 4.74 Å². The maximum Gasteiger partial charge on any atom is 0.273 e. The van der Waals surface area contributed by atoms with E-state index in [0.29, 0.717) is 0 Å². The molecule has 0 aliphatic carbocycles. The predicted molar refractivity (Wildman–Crippen MR) is 83.1 cm³/mol. The van der Waals surface area contributed by atoms with E-state index < -0.39 is 6.10 Å². The molecule has 0 aliphatic heterocycles. The first-order valence-electron chi connectivity index (χ1n) is 6.68. The van der Waals surface area contributed by atoms with Gasteiger partial charge in [-0.2, -0.15) is 5.10 Å². The van der Waals surface area contributed by atoms with Crippen LogP contribution in [0.3, 0.4) is 0 Å². The second-order valence-electron chi connectivity index (χ2n) is 4.67. The van der Waals surface area contributed by atoms with Gasteiger partial charge >= 0.3 is 0 Å². The summed E-state index contributed by atoms with van der Waals surface area (Å²) in [7, 11) is 1.50. The molecule has 0 spiro atoms. The Balaban J connectivity index is 2.00. The van der Waals surface area contributed by atoms with Crippen molar-refractivity contribution in [2.75, 3.05) is 7.11 Å². The van der Waals surface area contributed by atoms with Gasteiger partial charge in [0.25, 0.3) is 5.91 Å². The number of hydrazone groups is 1. The lowest BCUT2D eigenvalue weighted by Gasteiger charge is -2.13. The summed E-state index contributed by atoms with van der Waals surface area (Å²) in [4.78, 5) is 12.1. The molecule has 1 amide bonds. The molecule has 1 atom stereocenters. The number of benzene rings is 2. The van der Waals surface area contributed by atoms with Crippen LogP contribution >= 0.6 is 0 Å². The van der Waals surface area contributed by atoms with Crippen molar-refractivity contribution in [2.24, 2.45) is 5.10 Å². The van der Waals surface area contributed by atoms with E-state index >= 15 is 0 Å². The van der Waals surface area contributed by atoms with Gasteiger partial charge in [0.05, 0.1) is 6.21 Å². The van der Waals surface area contributed by atoms with Gasteiger partial charge in [0.1, 0.15) is 0 Å². The molecule has 0 bridgehead atoms. The molecular formula is C17H18N2O2. The third-order valence-electron chi connectivity index (χ3n) is 3.01. The van der Waals surface area contributed by atoms with Crippen LogP contribution < -0.4 is 5.43 Å². The predicted octanol–water partition coefficient (Wildman–Crippen LogP) is 2.83. The molecule has 1 unspecified atom stereocenters. The first-order valence-corrected chi connectivity index (χ1v) is 6.68. The Labute approximate surface area is 124 Å². The first kappa shape index (κ1) is 14.9. The number of rotatable bonds is 5. The Morgan fingerprint density at radius 2 is 1.95 bits per heavy atom. The van der Waals surface area contributed by atoms with Gasteiger partial charge in [-0.1, -0.05) is 60.2 Å². The molecule has 2 aromatic carbocycles. The Morgan fingerprint density at radius 1 is 1.19 bits per heavy atom. The maximum absolute atomic E-state index is 12.1. The maximum atomic E-state index is 12.1. The number of methoxy groups -OCH3 is 1. The lowest BCUT2D eigenvalue weighted by Crippen LogP contribution is -2.26. The van der Waals surface area contributed by atoms with Crippen molar-refractivity contribution in [2.45, 2.75) is 13.0 Å². The monoisotopic (exact) mass is 282 g/mol. The van der Waals surface area contributed by atoms with E-state index in [0.717, 1.165) is 16.7 Å². The van der Waals surface area contributed by atoms with E-state index in [1.807, 2.05) is 61.5 Å². The molecule has 0 radical (unpaired) electrons. The highest BCUT2D eigenvalue weighted by Gasteiger charge is 2.18. The molecule has 4 nitrogen and oxygen atoms in total. The van der Waals surface area contributed by atoms with Crippen LogP contribution in [0, 0.1) is 6.92 Å². The molecule has 0 aliphatic rings. The smallest absolute Gasteiger partial charge is 0.273 e. The molecule has 0 fully saturated rings. The molecule has 0 aromatic heterocycles. The van der Waals surface area contributed by atoms with Gasteiger partial charge in [-0.3, -0.25) is 4.79 Å². The molecule has 0 heterocycles. The van der Waals surface area contributed by atoms with E-state index in [1.54, 1.807) is 6.21 Å². The number of ether oxygens (including phenoxy) is 1. The van der Waals surface area contributed by atoms with Crippen LogP contribution in [0.1, 0.15) is 22.8 Å². The number of hydrogen-bond donors (Lipinski definition) is 1. The summed E-state index contributed by atoms with van der Waals surface area (Å²) in [6.07, 6.45) is 0.948. The zero-order valence-electron chi connectivity index (χ0n) is 12.1. The van der Waals surface area contributed by atoms with Crippen molar-refractivity contribution < 1.29 is 9.53 Å². The summed E-state index contributed by atoms with van der Waals surface area (Å²) in [5.41, 5.74) is 5.38. The van der Waals surface area contributed by atoms with E-state index in [2.05, 4.69) is 10.5 Å². The fourth-order valence-electron chi connectivity index (χ4n) is 2.00. The van der Waals surface area contributed by atoms with Gasteiger partial charge in [0.2, 0.25) is 0 Å². The van der Waals surface area contributed by atoms with Crippen molar-refractivity contribution >= 4 is 12.1 Å². The summed E-state index contributed by atoms with van der Waals surface area (Å²) in [5, 5.41) is 3.97. The van der Waals surface area contributed by atoms with Gasteiger partial charge in [0, 0.05) is 7.11 Å². The minimum Gasteiger partial charge on any atom is -0.367 e. The Bertz CT molecular complexity index is 624. The third kappa shape index (κ3) is 4.26. The van der Waals surface area contributed by atoms with Crippen molar-refractivity contribution in [3.05, 3.63) is 71.3 Å². The van der Waals surface area contributed by atoms with Crippen molar-refractivity contribution in [1.29, 1.82) is 0 Å². The summed E-state index contributed by atoms with van der Waals surface area (Å²) < 4.78 is 5.23. The van der Waals surface area contributed by atoms with Crippen LogP contribution in [-0.2, 0) is 9.53 Å². The minimum atomic E-state index is -0.666. The minimum absolute atomic E-state index is 0.299. The van der Waals surface area contributed by atoms with Crippen LogP contribution in [0.2, 0.25) is 0 Å². The molecule has 108 valence electrons. The van der Waals surface area contributed by atoms with Gasteiger partial charge in [-0.05, 0) is 18.1 Å². The molecule has 0 saturated heterocycles. The van der Waals surface area contributed by atoms with Gasteiger partial charge in [-0.15, -0.1) is 0 Å². The normalized spacial score (nSPS) is 12.3. The largest absolute Gasteiger partial charge is 0.367 e. The Kier molecular flexibility index (Phi) is 5.23. The standard InChI is InChI=1S/C17H18N2O2/c1-13-7-6-8-14(11-13)12-18-19-17(20)16(21-2)15-9-4-3-5-10-15/h3-12,16H,1-2H3,(H,19,20)/b18-12+. The summed E-state index contributed by atoms with van der Waals surface area (Å²) in [6, 6.07) is 17.2. The van der Waals surface area contributed by atoms with E-state index in [1.165, 1.54) is 7.11 Å². The van der Waals surface area contributed by atoms with Crippen LogP contribution in [0.15, 0.2) is 59.7 Å². The number of carbonyl (C=O) groups excluding carboxylic acids is 1. The zero-order valence-corrected chi connectivity index (χ0v) is 12.1. The summed E-state index contributed by atoms with van der Waals surface area (Å²) >= 11 is 0. The highest BCUT2D eigenvalue weighted by molar-refractivity contribution is 5.85. The van der Waals surface area contributed by atoms with Gasteiger partial charge in [0.15, 0.2) is 6.10 Å². The number of carbonyl (C=O) groups is 1. The third-order valence-corrected chi connectivity index (χ3v) is 3.01. The molecule has 1 N–H and O–H groups in total. The lowest BCUT2D eigenvalue weighted by atomic mass is 10.1. The Hall–Kier alpha value is -2.46. The number of nitrogens with one attached hydrogen (secondary N) is 1. The molecule has 2 rings (SSSR count). The first-order chi connectivity index (χ1) is 10.2. The number of amides is 1. The number of nitrogens with zero attached hydrogens (tertiary/aromatic N) is 1. The van der Waals surface area contributed by atoms with Gasteiger partial charge in [-0.25, -0.2) is 5.43 Å². The topological polar surface area (TPSA) is 50.7 Å². The average molecular weight is 282 g/mol. The number of aryl methyl sites for hydroxylation is 1. The lowest BCUT2D eigenvalue weighted by molar-refractivity contribution is -0.131. The zero-order chi connectivity index (χ0) is 15.1. The second kappa shape index (κ2) is 7.36. The van der Waals surface area contributed by atoms with Crippen molar-refractivity contribution in [3.63, 3.8) is 0 Å². The highest BCUT2D eigenvalue weighted by Crippen LogP contribution is 2.15. The van der Waals surface area contributed by atoms with Gasteiger partial charge < -0.3 is 4.74 Å². The summed E-state index contributed by atoms with van der Waals surface area (Å²) in [6.45, 7) is 2.01. The van der Waals surface area contributed by atoms with E-state index in [-0.39, 0.29) is 5.91 Å². The van der Waals surface area contributed by atoms with Crippen LogP contribution in [0.4, 0.5) is 0 Å². The fourth-order valence-corrected chi connectivity index (χ4v) is 2.00. The Morgan fingerprint density at radius 3 is 2.62 bits per heavy atom. The molecule has 21 heavy (non-hydrogen) atoms. The SMILES string of the molecule is COC(C(=O)N/N=C/c1cccc(C)c1)c1ccccc1. The number of hydrogen-bond acceptors (Lipinski definition) is 3. The second-order valence-corrected chi connectivity index (χ2v) is 4.67. The molecular weight excluding hydrogens is 264 g/mol. The van der Waals surface area contributed by atoms with Crippen LogP contribution in [-0.4, -0.2) is 19.2 Å². The fraction of sp³-hybridized carbons (Fsp3) is 0.176.